The molecule has 0 bridgehead atoms. The summed E-state index contributed by atoms with van der Waals surface area (Å²) in [6.07, 6.45) is 2.25. The number of amides is 2. The first kappa shape index (κ1) is 14.4. The second-order valence-electron chi connectivity index (χ2n) is 3.60. The van der Waals surface area contributed by atoms with Crippen molar-refractivity contribution in [2.24, 2.45) is 0 Å². The molecule has 18 heavy (non-hydrogen) atoms. The fourth-order valence-electron chi connectivity index (χ4n) is 1.40. The minimum Gasteiger partial charge on any atom is -0.480 e. The molecule has 0 aromatic heterocycles. The lowest BCUT2D eigenvalue weighted by Gasteiger charge is -2.14. The molecule has 2 amide bonds. The van der Waals surface area contributed by atoms with Crippen molar-refractivity contribution in [3.8, 4) is 0 Å². The maximum Gasteiger partial charge on any atom is 0.326 e. The Morgan fingerprint density at radius 1 is 1.39 bits per heavy atom. The van der Waals surface area contributed by atoms with E-state index < -0.39 is 18.0 Å². The van der Waals surface area contributed by atoms with E-state index in [-0.39, 0.29) is 0 Å². The van der Waals surface area contributed by atoms with Crippen LogP contribution in [-0.2, 0) is 4.79 Å². The maximum absolute atomic E-state index is 11.7. The summed E-state index contributed by atoms with van der Waals surface area (Å²) in [5, 5.41) is 13.9. The van der Waals surface area contributed by atoms with Gasteiger partial charge >= 0.3 is 12.0 Å². The van der Waals surface area contributed by atoms with Gasteiger partial charge in [-0.05, 0) is 24.8 Å². The maximum atomic E-state index is 11.7. The lowest BCUT2D eigenvalue weighted by atomic mass is 10.2. The molecule has 1 rings (SSSR count). The van der Waals surface area contributed by atoms with Gasteiger partial charge in [-0.2, -0.15) is 0 Å². The zero-order valence-corrected chi connectivity index (χ0v) is 11.1. The third kappa shape index (κ3) is 3.96. The molecule has 0 saturated carbocycles. The number of hydrogen-bond acceptors (Lipinski definition) is 3. The molecule has 1 aromatic rings. The van der Waals surface area contributed by atoms with Crippen molar-refractivity contribution < 1.29 is 14.7 Å². The zero-order chi connectivity index (χ0) is 13.5. The van der Waals surface area contributed by atoms with Crippen LogP contribution in [0.1, 0.15) is 13.3 Å². The Labute approximate surface area is 110 Å². The minimum atomic E-state index is -1.04. The second kappa shape index (κ2) is 6.90. The third-order valence-corrected chi connectivity index (χ3v) is 3.16. The summed E-state index contributed by atoms with van der Waals surface area (Å²) >= 11 is 1.51. The van der Waals surface area contributed by atoms with E-state index in [2.05, 4.69) is 10.6 Å². The molecule has 6 heteroatoms. The van der Waals surface area contributed by atoms with Gasteiger partial charge in [-0.15, -0.1) is 11.8 Å². The molecule has 0 aliphatic heterocycles. The van der Waals surface area contributed by atoms with E-state index in [1.807, 2.05) is 24.5 Å². The number of carboxylic acids is 1. The number of para-hydroxylation sites is 1. The summed E-state index contributed by atoms with van der Waals surface area (Å²) in [5.74, 6) is -1.04. The first-order valence-corrected chi connectivity index (χ1v) is 6.74. The number of aliphatic carboxylic acids is 1. The highest BCUT2D eigenvalue weighted by Crippen LogP contribution is 2.24. The SMILES string of the molecule is CC[C@@H](NC(=O)Nc1ccccc1SC)C(=O)O. The van der Waals surface area contributed by atoms with Crippen molar-refractivity contribution >= 4 is 29.4 Å². The molecule has 3 N–H and O–H groups in total. The molecule has 0 fully saturated rings. The van der Waals surface area contributed by atoms with Crippen molar-refractivity contribution in [2.45, 2.75) is 24.3 Å². The first-order chi connectivity index (χ1) is 8.58. The lowest BCUT2D eigenvalue weighted by Crippen LogP contribution is -2.42. The van der Waals surface area contributed by atoms with E-state index in [1.54, 1.807) is 13.0 Å². The first-order valence-electron chi connectivity index (χ1n) is 5.51. The highest BCUT2D eigenvalue weighted by molar-refractivity contribution is 7.98. The van der Waals surface area contributed by atoms with Gasteiger partial charge in [-0.1, -0.05) is 19.1 Å². The van der Waals surface area contributed by atoms with E-state index in [0.717, 1.165) is 4.90 Å². The molecule has 1 aromatic carbocycles. The van der Waals surface area contributed by atoms with Gasteiger partial charge in [0.1, 0.15) is 6.04 Å². The van der Waals surface area contributed by atoms with E-state index >= 15 is 0 Å². The van der Waals surface area contributed by atoms with Crippen LogP contribution in [-0.4, -0.2) is 29.4 Å². The number of nitrogens with one attached hydrogen (secondary N) is 2. The number of urea groups is 1. The van der Waals surface area contributed by atoms with Crippen LogP contribution in [0, 0.1) is 0 Å². The van der Waals surface area contributed by atoms with Crippen LogP contribution in [0.4, 0.5) is 10.5 Å². The molecule has 98 valence electrons. The standard InChI is InChI=1S/C12H16N2O3S/c1-3-8(11(15)16)13-12(17)14-9-6-4-5-7-10(9)18-2/h4-8H,3H2,1-2H3,(H,15,16)(H2,13,14,17)/t8-/m1/s1. The van der Waals surface area contributed by atoms with Crippen molar-refractivity contribution in [2.75, 3.05) is 11.6 Å². The number of benzene rings is 1. The molecule has 0 unspecified atom stereocenters. The van der Waals surface area contributed by atoms with Gasteiger partial charge in [0.2, 0.25) is 0 Å². The number of thioether (sulfide) groups is 1. The fraction of sp³-hybridized carbons (Fsp3) is 0.333. The van der Waals surface area contributed by atoms with Crippen LogP contribution in [0.2, 0.25) is 0 Å². The van der Waals surface area contributed by atoms with Crippen LogP contribution in [0.5, 0.6) is 0 Å². The Morgan fingerprint density at radius 2 is 2.06 bits per heavy atom. The number of carbonyl (C=O) groups excluding carboxylic acids is 1. The third-order valence-electron chi connectivity index (χ3n) is 2.37. The summed E-state index contributed by atoms with van der Waals surface area (Å²) in [7, 11) is 0. The normalized spacial score (nSPS) is 11.7. The van der Waals surface area contributed by atoms with Crippen molar-refractivity contribution in [1.82, 2.24) is 5.32 Å². The zero-order valence-electron chi connectivity index (χ0n) is 10.3. The Morgan fingerprint density at radius 3 is 2.61 bits per heavy atom. The number of carbonyl (C=O) groups is 2. The summed E-state index contributed by atoms with van der Waals surface area (Å²) in [6, 6.07) is 5.96. The highest BCUT2D eigenvalue weighted by atomic mass is 32.2. The average molecular weight is 268 g/mol. The number of carboxylic acid groups (broad SMARTS) is 1. The second-order valence-corrected chi connectivity index (χ2v) is 4.45. The molecule has 0 saturated heterocycles. The lowest BCUT2D eigenvalue weighted by molar-refractivity contribution is -0.139. The topological polar surface area (TPSA) is 78.4 Å². The smallest absolute Gasteiger partial charge is 0.326 e. The van der Waals surface area contributed by atoms with Crippen molar-refractivity contribution in [1.29, 1.82) is 0 Å². The van der Waals surface area contributed by atoms with Gasteiger partial charge in [0.25, 0.3) is 0 Å². The van der Waals surface area contributed by atoms with E-state index in [0.29, 0.717) is 12.1 Å². The quantitative estimate of drug-likeness (QED) is 0.716. The summed E-state index contributed by atoms with van der Waals surface area (Å²) in [5.41, 5.74) is 0.669. The monoisotopic (exact) mass is 268 g/mol. The Kier molecular flexibility index (Phi) is 5.51. The summed E-state index contributed by atoms with van der Waals surface area (Å²) in [6.45, 7) is 1.70. The Balaban J connectivity index is 2.67. The minimum absolute atomic E-state index is 0.340. The van der Waals surface area contributed by atoms with Gasteiger partial charge in [0.05, 0.1) is 5.69 Å². The van der Waals surface area contributed by atoms with Crippen LogP contribution >= 0.6 is 11.8 Å². The summed E-state index contributed by atoms with van der Waals surface area (Å²) < 4.78 is 0. The molecule has 0 radical (unpaired) electrons. The van der Waals surface area contributed by atoms with Gasteiger partial charge in [-0.3, -0.25) is 0 Å². The van der Waals surface area contributed by atoms with Gasteiger partial charge in [0.15, 0.2) is 0 Å². The van der Waals surface area contributed by atoms with E-state index in [4.69, 9.17) is 5.11 Å². The molecule has 1 atom stereocenters. The van der Waals surface area contributed by atoms with E-state index in [9.17, 15) is 9.59 Å². The Bertz CT molecular complexity index is 437. The molecule has 0 aliphatic rings. The van der Waals surface area contributed by atoms with Gasteiger partial charge < -0.3 is 15.7 Å². The van der Waals surface area contributed by atoms with E-state index in [1.165, 1.54) is 11.8 Å². The predicted octanol–water partition coefficient (Wildman–Crippen LogP) is 2.39. The largest absolute Gasteiger partial charge is 0.480 e. The van der Waals surface area contributed by atoms with Gasteiger partial charge in [-0.25, -0.2) is 9.59 Å². The summed E-state index contributed by atoms with van der Waals surface area (Å²) in [4.78, 5) is 23.4. The van der Waals surface area contributed by atoms with Gasteiger partial charge in [0, 0.05) is 4.90 Å². The number of rotatable bonds is 5. The van der Waals surface area contributed by atoms with Crippen molar-refractivity contribution in [3.63, 3.8) is 0 Å². The predicted molar refractivity (Wildman–Crippen MR) is 72.1 cm³/mol. The Hall–Kier alpha value is -1.69. The van der Waals surface area contributed by atoms with Crippen LogP contribution in [0.15, 0.2) is 29.2 Å². The molecule has 5 nitrogen and oxygen atoms in total. The molecular formula is C12H16N2O3S. The highest BCUT2D eigenvalue weighted by Gasteiger charge is 2.17. The van der Waals surface area contributed by atoms with Crippen LogP contribution in [0.3, 0.4) is 0 Å². The van der Waals surface area contributed by atoms with Crippen LogP contribution < -0.4 is 10.6 Å². The molecule has 0 aliphatic carbocycles. The average Bonchev–Trinajstić information content (AvgIpc) is 2.36. The van der Waals surface area contributed by atoms with Crippen LogP contribution in [0.25, 0.3) is 0 Å². The van der Waals surface area contributed by atoms with Crippen molar-refractivity contribution in [3.05, 3.63) is 24.3 Å². The molecular weight excluding hydrogens is 252 g/mol. The number of hydrogen-bond donors (Lipinski definition) is 3. The fourth-order valence-corrected chi connectivity index (χ4v) is 1.96. The number of anilines is 1. The molecule has 0 heterocycles. The molecule has 0 spiro atoms.